The molecule has 186 valence electrons. The van der Waals surface area contributed by atoms with E-state index in [0.717, 1.165) is 11.3 Å². The zero-order valence-corrected chi connectivity index (χ0v) is 19.1. The number of benzene rings is 1. The van der Waals surface area contributed by atoms with Gasteiger partial charge in [0.1, 0.15) is 11.8 Å². The minimum absolute atomic E-state index is 0.0459. The monoisotopic (exact) mass is 478 g/mol. The number of nitrogens with zero attached hydrogens (tertiary/aromatic N) is 2. The summed E-state index contributed by atoms with van der Waals surface area (Å²) in [6, 6.07) is 5.11. The maximum atomic E-state index is 14.2. The highest BCUT2D eigenvalue weighted by molar-refractivity contribution is 5.90. The molecule has 2 amide bonds. The standard InChI is InChI=1S/C24H32F2N4O4/c25-24(26)11-16-12-30(23(32)21(27)15-5-8-33-9-6-15)19(13-29(16)14-24)22(31)28-18-7-10-34-20-4-2-1-3-17(18)20/h1-4,15-16,18-19,21H,5-14,27H2,(H,28,31)/t16-,18-,19+,21+/m1/s1. The van der Waals surface area contributed by atoms with Crippen LogP contribution in [0.3, 0.4) is 0 Å². The first-order valence-corrected chi connectivity index (χ1v) is 12.1. The number of amides is 2. The Morgan fingerprint density at radius 2 is 1.88 bits per heavy atom. The molecule has 4 heterocycles. The van der Waals surface area contributed by atoms with E-state index in [1.807, 2.05) is 24.3 Å². The Hall–Kier alpha value is -2.30. The lowest BCUT2D eigenvalue weighted by atomic mass is 9.90. The zero-order valence-electron chi connectivity index (χ0n) is 19.1. The lowest BCUT2D eigenvalue weighted by Gasteiger charge is -2.44. The quantitative estimate of drug-likeness (QED) is 0.677. The van der Waals surface area contributed by atoms with Gasteiger partial charge in [-0.15, -0.1) is 0 Å². The van der Waals surface area contributed by atoms with Gasteiger partial charge in [0.05, 0.1) is 25.2 Å². The summed E-state index contributed by atoms with van der Waals surface area (Å²) in [5.41, 5.74) is 7.24. The molecule has 8 nitrogen and oxygen atoms in total. The van der Waals surface area contributed by atoms with E-state index in [4.69, 9.17) is 15.2 Å². The van der Waals surface area contributed by atoms with Crippen LogP contribution >= 0.6 is 0 Å². The molecule has 34 heavy (non-hydrogen) atoms. The van der Waals surface area contributed by atoms with E-state index in [-0.39, 0.29) is 43.3 Å². The van der Waals surface area contributed by atoms with Gasteiger partial charge in [0.15, 0.2) is 0 Å². The van der Waals surface area contributed by atoms with Crippen LogP contribution in [0.15, 0.2) is 24.3 Å². The first-order valence-electron chi connectivity index (χ1n) is 12.1. The number of nitrogens with one attached hydrogen (secondary N) is 1. The van der Waals surface area contributed by atoms with E-state index in [2.05, 4.69) is 5.32 Å². The van der Waals surface area contributed by atoms with Gasteiger partial charge < -0.3 is 25.4 Å². The SMILES string of the molecule is N[C@H](C(=O)N1C[C@H]2CC(F)(F)CN2C[C@H]1C(=O)N[C@@H]1CCOc2ccccc21)C1CCOCC1. The molecule has 1 aromatic rings. The molecule has 0 radical (unpaired) electrons. The third-order valence-electron chi connectivity index (χ3n) is 7.60. The number of alkyl halides is 2. The molecule has 0 saturated carbocycles. The average molecular weight is 479 g/mol. The first-order chi connectivity index (χ1) is 16.3. The summed E-state index contributed by atoms with van der Waals surface area (Å²) in [6.07, 6.45) is 1.62. The molecular formula is C24H32F2N4O4. The summed E-state index contributed by atoms with van der Waals surface area (Å²) in [4.78, 5) is 30.1. The van der Waals surface area contributed by atoms with Crippen LogP contribution in [0.5, 0.6) is 5.75 Å². The maximum Gasteiger partial charge on any atom is 0.262 e. The highest BCUT2D eigenvalue weighted by Gasteiger charge is 2.52. The molecule has 4 atom stereocenters. The van der Waals surface area contributed by atoms with E-state index < -0.39 is 30.6 Å². The van der Waals surface area contributed by atoms with Gasteiger partial charge >= 0.3 is 0 Å². The van der Waals surface area contributed by atoms with Crippen molar-refractivity contribution in [1.82, 2.24) is 15.1 Å². The number of piperazine rings is 1. The van der Waals surface area contributed by atoms with E-state index in [1.54, 1.807) is 4.90 Å². The number of para-hydroxylation sites is 1. The number of ether oxygens (including phenoxy) is 2. The van der Waals surface area contributed by atoms with Crippen LogP contribution in [0.2, 0.25) is 0 Å². The molecule has 0 unspecified atom stereocenters. The molecule has 3 N–H and O–H groups in total. The molecule has 5 rings (SSSR count). The van der Waals surface area contributed by atoms with Gasteiger partial charge in [0, 0.05) is 50.8 Å². The van der Waals surface area contributed by atoms with Crippen LogP contribution in [0.1, 0.15) is 37.3 Å². The van der Waals surface area contributed by atoms with Gasteiger partial charge in [-0.2, -0.15) is 0 Å². The normalized spacial score (nSPS) is 30.1. The van der Waals surface area contributed by atoms with Crippen molar-refractivity contribution in [2.45, 2.75) is 55.8 Å². The lowest BCUT2D eigenvalue weighted by molar-refractivity contribution is -0.148. The van der Waals surface area contributed by atoms with Crippen molar-refractivity contribution in [2.75, 3.05) is 39.5 Å². The van der Waals surface area contributed by atoms with Crippen molar-refractivity contribution in [3.8, 4) is 5.75 Å². The van der Waals surface area contributed by atoms with Gasteiger partial charge in [-0.1, -0.05) is 18.2 Å². The van der Waals surface area contributed by atoms with Crippen LogP contribution in [0.4, 0.5) is 8.78 Å². The molecule has 3 fully saturated rings. The first kappa shape index (κ1) is 23.4. The third kappa shape index (κ3) is 4.63. The lowest BCUT2D eigenvalue weighted by Crippen LogP contribution is -2.65. The Morgan fingerprint density at radius 3 is 2.68 bits per heavy atom. The molecule has 4 aliphatic rings. The topological polar surface area (TPSA) is 97.1 Å². The predicted molar refractivity (Wildman–Crippen MR) is 119 cm³/mol. The molecule has 1 aromatic carbocycles. The number of carbonyl (C=O) groups excluding carboxylic acids is 2. The fourth-order valence-corrected chi connectivity index (χ4v) is 5.73. The third-order valence-corrected chi connectivity index (χ3v) is 7.60. The van der Waals surface area contributed by atoms with Gasteiger partial charge in [-0.05, 0) is 24.8 Å². The molecule has 0 bridgehead atoms. The van der Waals surface area contributed by atoms with E-state index >= 15 is 0 Å². The molecular weight excluding hydrogens is 446 g/mol. The fourth-order valence-electron chi connectivity index (χ4n) is 5.73. The second-order valence-electron chi connectivity index (χ2n) is 9.86. The number of halogens is 2. The fraction of sp³-hybridized carbons (Fsp3) is 0.667. The van der Waals surface area contributed by atoms with Gasteiger partial charge in [0.2, 0.25) is 11.8 Å². The molecule has 10 heteroatoms. The number of fused-ring (bicyclic) bond motifs is 2. The summed E-state index contributed by atoms with van der Waals surface area (Å²) >= 11 is 0. The number of hydrogen-bond donors (Lipinski definition) is 2. The summed E-state index contributed by atoms with van der Waals surface area (Å²) < 4.78 is 39.5. The Balaban J connectivity index is 1.36. The molecule has 0 aliphatic carbocycles. The summed E-state index contributed by atoms with van der Waals surface area (Å²) in [5, 5.41) is 3.06. The van der Waals surface area contributed by atoms with Crippen molar-refractivity contribution in [1.29, 1.82) is 0 Å². The van der Waals surface area contributed by atoms with Crippen molar-refractivity contribution in [3.05, 3.63) is 29.8 Å². The van der Waals surface area contributed by atoms with Crippen molar-refractivity contribution in [3.63, 3.8) is 0 Å². The van der Waals surface area contributed by atoms with Crippen molar-refractivity contribution < 1.29 is 27.8 Å². The molecule has 4 aliphatic heterocycles. The number of carbonyl (C=O) groups is 2. The highest BCUT2D eigenvalue weighted by atomic mass is 19.3. The summed E-state index contributed by atoms with van der Waals surface area (Å²) in [5.74, 6) is -2.84. The number of nitrogens with two attached hydrogens (primary N) is 1. The Morgan fingerprint density at radius 1 is 1.12 bits per heavy atom. The Bertz CT molecular complexity index is 926. The van der Waals surface area contributed by atoms with Gasteiger partial charge in [-0.3, -0.25) is 14.5 Å². The van der Waals surface area contributed by atoms with Crippen LogP contribution in [-0.4, -0.2) is 85.1 Å². The molecule has 3 saturated heterocycles. The second-order valence-corrected chi connectivity index (χ2v) is 9.86. The maximum absolute atomic E-state index is 14.2. The minimum Gasteiger partial charge on any atom is -0.493 e. The second kappa shape index (κ2) is 9.39. The van der Waals surface area contributed by atoms with Gasteiger partial charge in [-0.25, -0.2) is 8.78 Å². The summed E-state index contributed by atoms with van der Waals surface area (Å²) in [7, 11) is 0. The van der Waals surface area contributed by atoms with Gasteiger partial charge in [0.25, 0.3) is 5.92 Å². The van der Waals surface area contributed by atoms with Crippen LogP contribution in [0, 0.1) is 5.92 Å². The average Bonchev–Trinajstić information content (AvgIpc) is 3.15. The molecule has 0 spiro atoms. The Kier molecular flexibility index (Phi) is 6.47. The predicted octanol–water partition coefficient (Wildman–Crippen LogP) is 1.30. The largest absolute Gasteiger partial charge is 0.493 e. The Labute approximate surface area is 197 Å². The number of rotatable bonds is 4. The van der Waals surface area contributed by atoms with E-state index in [0.29, 0.717) is 39.1 Å². The van der Waals surface area contributed by atoms with E-state index in [1.165, 1.54) is 4.90 Å². The van der Waals surface area contributed by atoms with Crippen LogP contribution < -0.4 is 15.8 Å². The van der Waals surface area contributed by atoms with E-state index in [9.17, 15) is 18.4 Å². The van der Waals surface area contributed by atoms with Crippen LogP contribution in [0.25, 0.3) is 0 Å². The van der Waals surface area contributed by atoms with Crippen molar-refractivity contribution in [2.24, 2.45) is 11.7 Å². The molecule has 0 aromatic heterocycles. The zero-order chi connectivity index (χ0) is 23.9. The summed E-state index contributed by atoms with van der Waals surface area (Å²) in [6.45, 7) is 1.31. The van der Waals surface area contributed by atoms with Crippen LogP contribution in [-0.2, 0) is 14.3 Å². The minimum atomic E-state index is -2.83. The van der Waals surface area contributed by atoms with Crippen molar-refractivity contribution >= 4 is 11.8 Å². The highest BCUT2D eigenvalue weighted by Crippen LogP contribution is 2.36. The smallest absolute Gasteiger partial charge is 0.262 e. The number of hydrogen-bond acceptors (Lipinski definition) is 6.